The van der Waals surface area contributed by atoms with Gasteiger partial charge in [-0.2, -0.15) is 26.3 Å². The molecule has 0 saturated heterocycles. The van der Waals surface area contributed by atoms with Crippen molar-refractivity contribution in [2.75, 3.05) is 7.11 Å². The number of aliphatic hydroxyl groups excluding tert-OH is 3. The fraction of sp³-hybridized carbons (Fsp3) is 0.333. The Hall–Kier alpha value is -2.64. The van der Waals surface area contributed by atoms with Crippen molar-refractivity contribution in [2.24, 2.45) is 0 Å². The predicted molar refractivity (Wildman–Crippen MR) is 121 cm³/mol. The van der Waals surface area contributed by atoms with E-state index >= 15 is 0 Å². The van der Waals surface area contributed by atoms with E-state index in [1.165, 1.54) is 23.6 Å². The smallest absolute Gasteiger partial charge is 0.430 e. The number of alkyl halides is 6. The lowest BCUT2D eigenvalue weighted by atomic mass is 9.84. The number of aryl methyl sites for hydroxylation is 1. The fourth-order valence-corrected chi connectivity index (χ4v) is 4.48. The molecule has 4 N–H and O–H groups in total. The second-order valence-corrected chi connectivity index (χ2v) is 8.47. The van der Waals surface area contributed by atoms with Gasteiger partial charge in [0.05, 0.1) is 13.2 Å². The van der Waals surface area contributed by atoms with Gasteiger partial charge in [-0.25, -0.2) is 0 Å². The third-order valence-corrected chi connectivity index (χ3v) is 6.31. The maximum absolute atomic E-state index is 13.6. The van der Waals surface area contributed by atoms with Crippen LogP contribution in [0.1, 0.15) is 27.8 Å². The summed E-state index contributed by atoms with van der Waals surface area (Å²) >= 11 is 0.913. The summed E-state index contributed by atoms with van der Waals surface area (Å²) in [5, 5.41) is 37.2. The standard InChI is InChI=1S/C23H20F6O4S.CH4O/c1-13-3-2-4-18(20(13)21(32,22(24,25)26)23(27,28)29)19-7-14(12-34-19)11-33-17-6-5-15(9-30)16(8-17)10-31;1-2/h2-8,12,30-32H,9-11H2,1H3;2H,1H3. The van der Waals surface area contributed by atoms with Crippen LogP contribution in [0, 0.1) is 6.92 Å². The van der Waals surface area contributed by atoms with E-state index in [1.54, 1.807) is 12.1 Å². The first kappa shape index (κ1) is 29.6. The van der Waals surface area contributed by atoms with E-state index in [-0.39, 0.29) is 35.8 Å². The first-order chi connectivity index (χ1) is 16.8. The summed E-state index contributed by atoms with van der Waals surface area (Å²) in [6.45, 7) is 0.426. The molecule has 3 aromatic rings. The monoisotopic (exact) mass is 538 g/mol. The molecular weight excluding hydrogens is 514 g/mol. The molecule has 0 radical (unpaired) electrons. The summed E-state index contributed by atoms with van der Waals surface area (Å²) in [4.78, 5) is 0.0934. The predicted octanol–water partition coefficient (Wildman–Crippen LogP) is 5.21. The molecule has 0 aliphatic rings. The number of benzene rings is 2. The summed E-state index contributed by atoms with van der Waals surface area (Å²) in [5.41, 5.74) is -5.61. The van der Waals surface area contributed by atoms with Crippen molar-refractivity contribution in [2.45, 2.75) is 44.7 Å². The second-order valence-electron chi connectivity index (χ2n) is 7.56. The molecule has 1 heterocycles. The Kier molecular flexibility index (Phi) is 9.54. The Bertz CT molecular complexity index is 1140. The fourth-order valence-electron chi connectivity index (χ4n) is 3.55. The maximum atomic E-state index is 13.6. The SMILES string of the molecule is CO.Cc1cccc(-c2cc(COc3ccc(CO)c(CO)c3)cs2)c1C(O)(C(F)(F)F)C(F)(F)F. The van der Waals surface area contributed by atoms with Crippen LogP contribution >= 0.6 is 11.3 Å². The molecule has 0 fully saturated rings. The highest BCUT2D eigenvalue weighted by molar-refractivity contribution is 7.13. The van der Waals surface area contributed by atoms with E-state index in [0.29, 0.717) is 22.4 Å². The van der Waals surface area contributed by atoms with Gasteiger partial charge in [0, 0.05) is 23.1 Å². The molecule has 0 aliphatic heterocycles. The average Bonchev–Trinajstić information content (AvgIpc) is 3.30. The Morgan fingerprint density at radius 3 is 2.03 bits per heavy atom. The summed E-state index contributed by atoms with van der Waals surface area (Å²) in [5.74, 6) is 0.355. The van der Waals surface area contributed by atoms with Crippen LogP contribution in [0.4, 0.5) is 26.3 Å². The number of hydrogen-bond donors (Lipinski definition) is 4. The summed E-state index contributed by atoms with van der Waals surface area (Å²) < 4.78 is 87.0. The molecule has 0 spiro atoms. The van der Waals surface area contributed by atoms with Crippen molar-refractivity contribution in [3.63, 3.8) is 0 Å². The van der Waals surface area contributed by atoms with E-state index in [4.69, 9.17) is 9.84 Å². The van der Waals surface area contributed by atoms with Crippen molar-refractivity contribution in [3.05, 3.63) is 75.7 Å². The molecule has 0 aliphatic carbocycles. The van der Waals surface area contributed by atoms with Crippen LogP contribution in [0.25, 0.3) is 10.4 Å². The topological polar surface area (TPSA) is 90.2 Å². The second kappa shape index (κ2) is 11.6. The zero-order valence-electron chi connectivity index (χ0n) is 19.1. The number of halogens is 6. The number of hydrogen-bond acceptors (Lipinski definition) is 6. The van der Waals surface area contributed by atoms with Gasteiger partial charge < -0.3 is 25.2 Å². The molecule has 0 atom stereocenters. The molecule has 1 aromatic heterocycles. The van der Waals surface area contributed by atoms with Crippen molar-refractivity contribution < 1.29 is 51.5 Å². The molecule has 0 bridgehead atoms. The summed E-state index contributed by atoms with van der Waals surface area (Å²) in [6.07, 6.45) is -12.0. The third-order valence-electron chi connectivity index (χ3n) is 5.30. The lowest BCUT2D eigenvalue weighted by Gasteiger charge is -2.35. The van der Waals surface area contributed by atoms with Gasteiger partial charge in [-0.1, -0.05) is 24.3 Å². The third kappa shape index (κ3) is 5.84. The normalized spacial score (nSPS) is 12.2. The zero-order chi connectivity index (χ0) is 27.3. The summed E-state index contributed by atoms with van der Waals surface area (Å²) in [6, 6.07) is 9.53. The molecule has 5 nitrogen and oxygen atoms in total. The molecule has 0 saturated carbocycles. The first-order valence-electron chi connectivity index (χ1n) is 10.3. The van der Waals surface area contributed by atoms with Crippen LogP contribution in [-0.4, -0.2) is 39.9 Å². The van der Waals surface area contributed by atoms with E-state index in [1.807, 2.05) is 0 Å². The Morgan fingerprint density at radius 2 is 1.47 bits per heavy atom. The van der Waals surface area contributed by atoms with Gasteiger partial charge in [-0.3, -0.25) is 0 Å². The molecule has 2 aromatic carbocycles. The maximum Gasteiger partial charge on any atom is 0.430 e. The number of rotatable bonds is 7. The number of ether oxygens (including phenoxy) is 1. The minimum atomic E-state index is -6.00. The van der Waals surface area contributed by atoms with Gasteiger partial charge in [-0.05, 0) is 52.8 Å². The number of thiophene rings is 1. The van der Waals surface area contributed by atoms with Crippen LogP contribution in [0.15, 0.2) is 47.8 Å². The van der Waals surface area contributed by atoms with E-state index < -0.39 is 23.5 Å². The van der Waals surface area contributed by atoms with E-state index in [0.717, 1.165) is 37.5 Å². The van der Waals surface area contributed by atoms with Crippen LogP contribution < -0.4 is 4.74 Å². The zero-order valence-corrected chi connectivity index (χ0v) is 19.9. The van der Waals surface area contributed by atoms with Crippen LogP contribution in [-0.2, 0) is 25.4 Å². The van der Waals surface area contributed by atoms with Gasteiger partial charge in [-0.15, -0.1) is 11.3 Å². The van der Waals surface area contributed by atoms with Gasteiger partial charge in [0.15, 0.2) is 0 Å². The van der Waals surface area contributed by atoms with E-state index in [9.17, 15) is 41.7 Å². The van der Waals surface area contributed by atoms with Gasteiger partial charge in [0.2, 0.25) is 0 Å². The van der Waals surface area contributed by atoms with E-state index in [2.05, 4.69) is 0 Å². The Balaban J connectivity index is 0.00000222. The van der Waals surface area contributed by atoms with Crippen LogP contribution in [0.3, 0.4) is 0 Å². The van der Waals surface area contributed by atoms with Crippen LogP contribution in [0.5, 0.6) is 5.75 Å². The Labute approximate surface area is 206 Å². The molecule has 12 heteroatoms. The van der Waals surface area contributed by atoms with Crippen molar-refractivity contribution in [1.82, 2.24) is 0 Å². The van der Waals surface area contributed by atoms with Gasteiger partial charge >= 0.3 is 12.4 Å². The van der Waals surface area contributed by atoms with Crippen molar-refractivity contribution in [3.8, 4) is 16.2 Å². The highest BCUT2D eigenvalue weighted by Crippen LogP contribution is 2.53. The quantitative estimate of drug-likeness (QED) is 0.310. The molecule has 36 heavy (non-hydrogen) atoms. The van der Waals surface area contributed by atoms with Gasteiger partial charge in [0.1, 0.15) is 12.4 Å². The van der Waals surface area contributed by atoms with Crippen molar-refractivity contribution >= 4 is 11.3 Å². The molecular formula is C24H24F6O5S. The summed E-state index contributed by atoms with van der Waals surface area (Å²) in [7, 11) is 1.00. The average molecular weight is 539 g/mol. The minimum absolute atomic E-state index is 0.0518. The highest BCUT2D eigenvalue weighted by Gasteiger charge is 2.72. The van der Waals surface area contributed by atoms with Crippen molar-refractivity contribution in [1.29, 1.82) is 0 Å². The highest BCUT2D eigenvalue weighted by atomic mass is 32.1. The minimum Gasteiger partial charge on any atom is -0.489 e. The molecule has 3 rings (SSSR count). The lowest BCUT2D eigenvalue weighted by Crippen LogP contribution is -2.54. The lowest BCUT2D eigenvalue weighted by molar-refractivity contribution is -0.376. The first-order valence-corrected chi connectivity index (χ1v) is 11.2. The largest absolute Gasteiger partial charge is 0.489 e. The van der Waals surface area contributed by atoms with Gasteiger partial charge in [0.25, 0.3) is 5.60 Å². The number of aliphatic hydroxyl groups is 4. The molecule has 0 amide bonds. The molecule has 198 valence electrons. The van der Waals surface area contributed by atoms with Crippen LogP contribution in [0.2, 0.25) is 0 Å². The Morgan fingerprint density at radius 1 is 0.861 bits per heavy atom. The molecule has 0 unspecified atom stereocenters.